The summed E-state index contributed by atoms with van der Waals surface area (Å²) in [6, 6.07) is 2.80. The number of rotatable bonds is 2. The van der Waals surface area contributed by atoms with Gasteiger partial charge in [0, 0.05) is 24.7 Å². The molecule has 1 atom stereocenters. The number of nitrogens with zero attached hydrogens (tertiary/aromatic N) is 3. The molecule has 0 bridgehead atoms. The molecule has 1 aromatic carbocycles. The van der Waals surface area contributed by atoms with Gasteiger partial charge in [-0.2, -0.15) is 13.2 Å². The molecule has 1 spiro atoms. The Balaban J connectivity index is 1.58. The lowest BCUT2D eigenvalue weighted by Crippen LogP contribution is -2.45. The number of halogens is 4. The van der Waals surface area contributed by atoms with Crippen LogP contribution in [0.3, 0.4) is 0 Å². The third-order valence-corrected chi connectivity index (χ3v) is 5.71. The van der Waals surface area contributed by atoms with Crippen molar-refractivity contribution in [3.63, 3.8) is 0 Å². The highest BCUT2D eigenvalue weighted by Crippen LogP contribution is 2.44. The number of likely N-dealkylation sites (tertiary alicyclic amines) is 1. The number of hydrogen-bond acceptors (Lipinski definition) is 3. The van der Waals surface area contributed by atoms with Crippen molar-refractivity contribution in [3.05, 3.63) is 58.4 Å². The number of alkyl halides is 3. The van der Waals surface area contributed by atoms with Crippen molar-refractivity contribution < 1.29 is 17.6 Å². The summed E-state index contributed by atoms with van der Waals surface area (Å²) in [5.74, 6) is -0.103. The van der Waals surface area contributed by atoms with Crippen LogP contribution in [0.2, 0.25) is 0 Å². The molecule has 144 valence electrons. The van der Waals surface area contributed by atoms with Gasteiger partial charge < -0.3 is 0 Å². The van der Waals surface area contributed by atoms with Crippen molar-refractivity contribution in [3.8, 4) is 0 Å². The highest BCUT2D eigenvalue weighted by molar-refractivity contribution is 5.34. The van der Waals surface area contributed by atoms with Crippen LogP contribution < -0.4 is 0 Å². The first-order valence-electron chi connectivity index (χ1n) is 9.17. The zero-order valence-electron chi connectivity index (χ0n) is 15.1. The number of benzene rings is 1. The van der Waals surface area contributed by atoms with Gasteiger partial charge in [0.25, 0.3) is 0 Å². The van der Waals surface area contributed by atoms with E-state index in [0.717, 1.165) is 56.4 Å². The van der Waals surface area contributed by atoms with Gasteiger partial charge in [0.2, 0.25) is 0 Å². The Bertz CT molecular complexity index is 861. The quantitative estimate of drug-likeness (QED) is 0.723. The average Bonchev–Trinajstić information content (AvgIpc) is 2.91. The standard InChI is InChI=1S/C20H21F4N3/c1-13-25-10-15-3-5-19(18(15)26-13)4-2-6-27(12-19)11-14-7-16(20(22,23)24)9-17(21)8-14/h7-10H,2-6,11-12H2,1H3. The van der Waals surface area contributed by atoms with E-state index in [9.17, 15) is 17.6 Å². The van der Waals surface area contributed by atoms with Crippen LogP contribution in [0.5, 0.6) is 0 Å². The van der Waals surface area contributed by atoms with Crippen molar-refractivity contribution in [1.29, 1.82) is 0 Å². The molecule has 7 heteroatoms. The number of piperidine rings is 1. The van der Waals surface area contributed by atoms with Gasteiger partial charge in [0.15, 0.2) is 0 Å². The molecule has 1 fully saturated rings. The third kappa shape index (κ3) is 3.57. The average molecular weight is 379 g/mol. The maximum absolute atomic E-state index is 13.7. The minimum atomic E-state index is -4.54. The van der Waals surface area contributed by atoms with E-state index in [1.807, 2.05) is 13.1 Å². The summed E-state index contributed by atoms with van der Waals surface area (Å²) < 4.78 is 52.6. The van der Waals surface area contributed by atoms with Crippen molar-refractivity contribution in [2.45, 2.75) is 50.7 Å². The Labute approximate surface area is 155 Å². The summed E-state index contributed by atoms with van der Waals surface area (Å²) in [6.07, 6.45) is 1.23. The van der Waals surface area contributed by atoms with Crippen LogP contribution in [-0.2, 0) is 24.6 Å². The van der Waals surface area contributed by atoms with Gasteiger partial charge in [-0.3, -0.25) is 4.90 Å². The fourth-order valence-electron chi connectivity index (χ4n) is 4.55. The lowest BCUT2D eigenvalue weighted by Gasteiger charge is -2.40. The van der Waals surface area contributed by atoms with E-state index >= 15 is 0 Å². The van der Waals surface area contributed by atoms with Crippen molar-refractivity contribution >= 4 is 0 Å². The predicted octanol–water partition coefficient (Wildman–Crippen LogP) is 4.42. The van der Waals surface area contributed by atoms with Crippen LogP contribution in [0.25, 0.3) is 0 Å². The van der Waals surface area contributed by atoms with Crippen molar-refractivity contribution in [1.82, 2.24) is 14.9 Å². The molecule has 0 radical (unpaired) electrons. The second-order valence-corrected chi connectivity index (χ2v) is 7.73. The normalized spacial score (nSPS) is 23.0. The number of aromatic nitrogens is 2. The summed E-state index contributed by atoms with van der Waals surface area (Å²) >= 11 is 0. The lowest BCUT2D eigenvalue weighted by molar-refractivity contribution is -0.137. The molecule has 1 unspecified atom stereocenters. The van der Waals surface area contributed by atoms with Gasteiger partial charge in [0.1, 0.15) is 11.6 Å². The van der Waals surface area contributed by atoms with E-state index in [1.165, 1.54) is 11.6 Å². The zero-order valence-corrected chi connectivity index (χ0v) is 15.1. The summed E-state index contributed by atoms with van der Waals surface area (Å²) in [4.78, 5) is 11.1. The van der Waals surface area contributed by atoms with Crippen LogP contribution in [0.4, 0.5) is 17.6 Å². The number of aryl methyl sites for hydroxylation is 2. The summed E-state index contributed by atoms with van der Waals surface area (Å²) in [6.45, 7) is 3.70. The van der Waals surface area contributed by atoms with E-state index in [-0.39, 0.29) is 5.41 Å². The molecule has 1 aromatic heterocycles. The summed E-state index contributed by atoms with van der Waals surface area (Å²) in [7, 11) is 0. The van der Waals surface area contributed by atoms with E-state index in [4.69, 9.17) is 0 Å². The van der Waals surface area contributed by atoms with Crippen LogP contribution in [0, 0.1) is 12.7 Å². The lowest BCUT2D eigenvalue weighted by atomic mass is 9.77. The first kappa shape index (κ1) is 18.3. The topological polar surface area (TPSA) is 29.0 Å². The summed E-state index contributed by atoms with van der Waals surface area (Å²) in [5, 5.41) is 0. The smallest absolute Gasteiger partial charge is 0.298 e. The molecule has 1 aliphatic carbocycles. The molecule has 2 aromatic rings. The van der Waals surface area contributed by atoms with E-state index in [1.54, 1.807) is 0 Å². The second kappa shape index (κ2) is 6.55. The largest absolute Gasteiger partial charge is 0.416 e. The van der Waals surface area contributed by atoms with Crippen molar-refractivity contribution in [2.24, 2.45) is 0 Å². The molecular weight excluding hydrogens is 358 g/mol. The van der Waals surface area contributed by atoms with E-state index in [0.29, 0.717) is 18.2 Å². The molecule has 1 aliphatic heterocycles. The minimum Gasteiger partial charge on any atom is -0.298 e. The zero-order chi connectivity index (χ0) is 19.2. The Morgan fingerprint density at radius 3 is 2.78 bits per heavy atom. The molecule has 3 nitrogen and oxygen atoms in total. The van der Waals surface area contributed by atoms with E-state index < -0.39 is 17.6 Å². The van der Waals surface area contributed by atoms with Gasteiger partial charge in [-0.25, -0.2) is 14.4 Å². The van der Waals surface area contributed by atoms with Gasteiger partial charge in [-0.15, -0.1) is 0 Å². The van der Waals surface area contributed by atoms with E-state index in [2.05, 4.69) is 14.9 Å². The van der Waals surface area contributed by atoms with Gasteiger partial charge in [-0.05, 0) is 68.5 Å². The highest BCUT2D eigenvalue weighted by Gasteiger charge is 2.43. The molecule has 2 aliphatic rings. The van der Waals surface area contributed by atoms with Crippen LogP contribution in [0.1, 0.15) is 47.5 Å². The fraction of sp³-hybridized carbons (Fsp3) is 0.500. The molecule has 0 amide bonds. The minimum absolute atomic E-state index is 0.0680. The maximum Gasteiger partial charge on any atom is 0.416 e. The van der Waals surface area contributed by atoms with Crippen molar-refractivity contribution in [2.75, 3.05) is 13.1 Å². The molecular formula is C20H21F4N3. The van der Waals surface area contributed by atoms with Gasteiger partial charge >= 0.3 is 6.18 Å². The first-order chi connectivity index (χ1) is 12.7. The van der Waals surface area contributed by atoms with Crippen LogP contribution in [-0.4, -0.2) is 28.0 Å². The maximum atomic E-state index is 13.7. The molecule has 1 saturated heterocycles. The summed E-state index contributed by atoms with van der Waals surface area (Å²) in [5.41, 5.74) is 1.62. The molecule has 4 rings (SSSR count). The first-order valence-corrected chi connectivity index (χ1v) is 9.17. The van der Waals surface area contributed by atoms with Gasteiger partial charge in [0.05, 0.1) is 11.3 Å². The SMILES string of the molecule is Cc1ncc2c(n1)C1(CCCN(Cc3cc(F)cc(C(F)(F)F)c3)C1)CC2. The van der Waals surface area contributed by atoms with Gasteiger partial charge in [-0.1, -0.05) is 0 Å². The fourth-order valence-corrected chi connectivity index (χ4v) is 4.55. The van der Waals surface area contributed by atoms with Crippen LogP contribution >= 0.6 is 0 Å². The number of fused-ring (bicyclic) bond motifs is 2. The Kier molecular flexibility index (Phi) is 4.45. The molecule has 2 heterocycles. The Hall–Kier alpha value is -2.02. The number of hydrogen-bond donors (Lipinski definition) is 0. The highest BCUT2D eigenvalue weighted by atomic mass is 19.4. The van der Waals surface area contributed by atoms with Crippen LogP contribution in [0.15, 0.2) is 24.4 Å². The Morgan fingerprint density at radius 2 is 2.00 bits per heavy atom. The molecule has 0 saturated carbocycles. The second-order valence-electron chi connectivity index (χ2n) is 7.73. The molecule has 27 heavy (non-hydrogen) atoms. The predicted molar refractivity (Wildman–Crippen MR) is 92.7 cm³/mol. The molecule has 0 N–H and O–H groups in total. The Morgan fingerprint density at radius 1 is 1.19 bits per heavy atom. The third-order valence-electron chi connectivity index (χ3n) is 5.71. The monoisotopic (exact) mass is 379 g/mol.